The van der Waals surface area contributed by atoms with E-state index in [4.69, 9.17) is 0 Å². The molecule has 1 N–H and O–H groups in total. The van der Waals surface area contributed by atoms with Gasteiger partial charge in [0.2, 0.25) is 0 Å². The molecule has 1 aliphatic heterocycles. The zero-order valence-corrected chi connectivity index (χ0v) is 7.81. The van der Waals surface area contributed by atoms with Crippen LogP contribution in [0.15, 0.2) is 47.2 Å². The molecule has 0 atom stereocenters. The van der Waals surface area contributed by atoms with Crippen molar-refractivity contribution in [2.45, 2.75) is 0 Å². The fourth-order valence-corrected chi connectivity index (χ4v) is 0.570. The van der Waals surface area contributed by atoms with E-state index in [0.717, 1.165) is 0 Å². The van der Waals surface area contributed by atoms with Crippen LogP contribution in [0.25, 0.3) is 0 Å². The van der Waals surface area contributed by atoms with Crippen molar-refractivity contribution in [1.82, 2.24) is 5.32 Å². The molecule has 0 saturated heterocycles. The molecule has 0 fully saturated rings. The third-order valence-electron chi connectivity index (χ3n) is 1.10. The van der Waals surface area contributed by atoms with Crippen LogP contribution in [-0.4, -0.2) is 0 Å². The highest BCUT2D eigenvalue weighted by molar-refractivity contribution is 5.25. The molecule has 0 radical (unpaired) electrons. The molecule has 1 heteroatoms. The minimum absolute atomic E-state index is 1.52. The monoisotopic (exact) mass is 187 g/mol. The molecule has 1 rings (SSSR count). The Labute approximate surface area is 88.9 Å². The molecule has 66 valence electrons. The smallest absolute Gasteiger partial charge is 0.0405 e. The van der Waals surface area contributed by atoms with Crippen LogP contribution in [0.2, 0.25) is 0 Å². The van der Waals surface area contributed by atoms with Gasteiger partial charge in [0.05, 0.1) is 0 Å². The van der Waals surface area contributed by atoms with Crippen molar-refractivity contribution in [1.29, 1.82) is 0 Å². The molecule has 0 amide bonds. The van der Waals surface area contributed by atoms with Crippen LogP contribution < -0.4 is 5.32 Å². The number of nitrogens with one attached hydrogen (secondary N) is 1. The van der Waals surface area contributed by atoms with Crippen LogP contribution in [0, 0.1) is 35.8 Å². The maximum atomic E-state index is 2.71. The highest BCUT2D eigenvalue weighted by Gasteiger charge is 1.60. The second-order valence-corrected chi connectivity index (χ2v) is 2.11. The molecule has 0 aromatic heterocycles. The lowest BCUT2D eigenvalue weighted by molar-refractivity contribution is 1.34. The highest BCUT2D eigenvalue weighted by atomic mass is 14.8. The van der Waals surface area contributed by atoms with Gasteiger partial charge in [-0.25, -0.2) is 0 Å². The minimum atomic E-state index is 1.52. The molecule has 1 nitrogen and oxygen atoms in total. The maximum Gasteiger partial charge on any atom is 0.0405 e. The van der Waals surface area contributed by atoms with Gasteiger partial charge in [-0.05, 0) is 11.8 Å². The molecule has 1 aliphatic rings. The van der Waals surface area contributed by atoms with E-state index < -0.39 is 0 Å². The second-order valence-electron chi connectivity index (χ2n) is 2.11. The summed E-state index contributed by atoms with van der Waals surface area (Å²) in [5.41, 5.74) is 10.8. The molecule has 0 bridgehead atoms. The summed E-state index contributed by atoms with van der Waals surface area (Å²) < 4.78 is 0. The fourth-order valence-electron chi connectivity index (χ4n) is 0.570. The third-order valence-corrected chi connectivity index (χ3v) is 1.10. The molecular formula is C14H5N. The van der Waals surface area contributed by atoms with Crippen molar-refractivity contribution in [3.8, 4) is 35.8 Å². The van der Waals surface area contributed by atoms with Gasteiger partial charge in [-0.2, -0.15) is 0 Å². The Bertz CT molecular complexity index is 548. The standard InChI is InChI=1S/C14H5N/c1-2-4-6-8-10-12-14-15-13-11-9-7-5-3-1/h3-4,9-10,15H. The second kappa shape index (κ2) is 7.71. The predicted octanol–water partition coefficient (Wildman–Crippen LogP) is 1.25. The summed E-state index contributed by atoms with van der Waals surface area (Å²) in [5, 5.41) is 2.58. The lowest BCUT2D eigenvalue weighted by Crippen LogP contribution is -1.91. The van der Waals surface area contributed by atoms with E-state index in [1.807, 2.05) is 0 Å². The van der Waals surface area contributed by atoms with Crippen LogP contribution in [0.4, 0.5) is 0 Å². The summed E-state index contributed by atoms with van der Waals surface area (Å²) in [6.45, 7) is 0. The van der Waals surface area contributed by atoms with E-state index in [1.165, 1.54) is 12.2 Å². The zero-order chi connectivity index (χ0) is 10.6. The molecular weight excluding hydrogens is 182 g/mol. The fraction of sp³-hybridized carbons (Fsp3) is 0. The SMILES string of the molecule is C1=C=CC#CNC#CC=C=C=CC#CC=1. The number of allylic oxidation sites excluding steroid dienone is 4. The van der Waals surface area contributed by atoms with Gasteiger partial charge in [0.1, 0.15) is 0 Å². The van der Waals surface area contributed by atoms with Crippen molar-refractivity contribution < 1.29 is 0 Å². The first-order valence-corrected chi connectivity index (χ1v) is 4.06. The number of hydrogen-bond donors (Lipinski definition) is 1. The number of rotatable bonds is 0. The normalized spacial score (nSPS) is 10.7. The van der Waals surface area contributed by atoms with Gasteiger partial charge in [-0.15, -0.1) is 0 Å². The van der Waals surface area contributed by atoms with Gasteiger partial charge in [0.15, 0.2) is 0 Å². The van der Waals surface area contributed by atoms with E-state index in [0.29, 0.717) is 0 Å². The van der Waals surface area contributed by atoms with Crippen molar-refractivity contribution in [2.24, 2.45) is 0 Å². The van der Waals surface area contributed by atoms with E-state index in [9.17, 15) is 0 Å². The summed E-state index contributed by atoms with van der Waals surface area (Å²) in [6.07, 6.45) is 6.14. The summed E-state index contributed by atoms with van der Waals surface area (Å²) in [7, 11) is 0. The minimum Gasteiger partial charge on any atom is -0.273 e. The Morgan fingerprint density at radius 1 is 0.533 bits per heavy atom. The Hall–Kier alpha value is -2.92. The molecule has 0 spiro atoms. The summed E-state index contributed by atoms with van der Waals surface area (Å²) >= 11 is 0. The Kier molecular flexibility index (Phi) is 5.23. The molecule has 15 heavy (non-hydrogen) atoms. The van der Waals surface area contributed by atoms with E-state index in [2.05, 4.69) is 64.0 Å². The van der Waals surface area contributed by atoms with Crippen molar-refractivity contribution in [3.63, 3.8) is 0 Å². The van der Waals surface area contributed by atoms with Crippen LogP contribution >= 0.6 is 0 Å². The predicted molar refractivity (Wildman–Crippen MR) is 58.8 cm³/mol. The number of hydrogen-bond acceptors (Lipinski definition) is 1. The first-order chi connectivity index (χ1) is 7.50. The van der Waals surface area contributed by atoms with Gasteiger partial charge in [-0.1, -0.05) is 34.8 Å². The van der Waals surface area contributed by atoms with E-state index in [1.54, 1.807) is 12.2 Å². The van der Waals surface area contributed by atoms with Crippen LogP contribution in [0.5, 0.6) is 0 Å². The van der Waals surface area contributed by atoms with Gasteiger partial charge >= 0.3 is 0 Å². The molecule has 0 aliphatic carbocycles. The molecule has 0 aromatic rings. The lowest BCUT2D eigenvalue weighted by atomic mass is 10.5. The Morgan fingerprint density at radius 3 is 1.40 bits per heavy atom. The average molecular weight is 187 g/mol. The molecule has 0 saturated carbocycles. The van der Waals surface area contributed by atoms with Gasteiger partial charge in [-0.3, -0.25) is 5.32 Å². The lowest BCUT2D eigenvalue weighted by Gasteiger charge is -1.72. The first-order valence-electron chi connectivity index (χ1n) is 4.06. The van der Waals surface area contributed by atoms with E-state index >= 15 is 0 Å². The van der Waals surface area contributed by atoms with Crippen LogP contribution in [0.1, 0.15) is 0 Å². The van der Waals surface area contributed by atoms with Gasteiger partial charge in [0.25, 0.3) is 0 Å². The van der Waals surface area contributed by atoms with Crippen molar-refractivity contribution in [2.75, 3.05) is 0 Å². The summed E-state index contributed by atoms with van der Waals surface area (Å²) in [6, 6.07) is 5.19. The third kappa shape index (κ3) is 6.26. The van der Waals surface area contributed by atoms with Crippen LogP contribution in [-0.2, 0) is 0 Å². The van der Waals surface area contributed by atoms with Gasteiger partial charge < -0.3 is 0 Å². The molecule has 0 aromatic carbocycles. The highest BCUT2D eigenvalue weighted by Crippen LogP contribution is 1.67. The quantitative estimate of drug-likeness (QED) is 0.444. The van der Waals surface area contributed by atoms with Gasteiger partial charge in [0, 0.05) is 36.4 Å². The van der Waals surface area contributed by atoms with Crippen molar-refractivity contribution in [3.05, 3.63) is 47.2 Å². The molecule has 1 heterocycles. The van der Waals surface area contributed by atoms with E-state index in [-0.39, 0.29) is 0 Å². The maximum absolute atomic E-state index is 2.71. The summed E-state index contributed by atoms with van der Waals surface area (Å²) in [4.78, 5) is 0. The topological polar surface area (TPSA) is 12.0 Å². The summed E-state index contributed by atoms with van der Waals surface area (Å²) in [5.74, 6) is 10.8. The molecule has 0 unspecified atom stereocenters. The van der Waals surface area contributed by atoms with Crippen LogP contribution in [0.3, 0.4) is 0 Å². The Morgan fingerprint density at radius 2 is 0.933 bits per heavy atom. The Balaban J connectivity index is 3.02. The zero-order valence-electron chi connectivity index (χ0n) is 7.81. The van der Waals surface area contributed by atoms with Crippen molar-refractivity contribution >= 4 is 0 Å². The largest absolute Gasteiger partial charge is 0.273 e. The first kappa shape index (κ1) is 10.2. The average Bonchev–Trinajstić information content (AvgIpc) is 2.27.